The average Bonchev–Trinajstić information content (AvgIpc) is 2.70. The molecular formula is C26H32ClN3O3. The minimum Gasteiger partial charge on any atom is -0.474 e. The van der Waals surface area contributed by atoms with E-state index in [1.54, 1.807) is 12.4 Å². The number of para-hydroxylation sites is 1. The van der Waals surface area contributed by atoms with Gasteiger partial charge in [-0.1, -0.05) is 43.6 Å². The molecule has 0 saturated carbocycles. The van der Waals surface area contributed by atoms with Gasteiger partial charge in [-0.25, -0.2) is 9.78 Å². The summed E-state index contributed by atoms with van der Waals surface area (Å²) in [6, 6.07) is 11.7. The molecular weight excluding hydrogens is 438 g/mol. The van der Waals surface area contributed by atoms with Gasteiger partial charge in [0.15, 0.2) is 0 Å². The summed E-state index contributed by atoms with van der Waals surface area (Å²) in [7, 11) is 0. The van der Waals surface area contributed by atoms with Crippen molar-refractivity contribution in [1.82, 2.24) is 15.3 Å². The molecule has 1 aromatic carbocycles. The first-order valence-corrected chi connectivity index (χ1v) is 11.5. The second-order valence-electron chi connectivity index (χ2n) is 9.96. The van der Waals surface area contributed by atoms with Gasteiger partial charge >= 0.3 is 6.09 Å². The van der Waals surface area contributed by atoms with Gasteiger partial charge in [-0.2, -0.15) is 0 Å². The fourth-order valence-electron chi connectivity index (χ4n) is 3.85. The summed E-state index contributed by atoms with van der Waals surface area (Å²) in [6.07, 6.45) is 3.73. The number of rotatable bonds is 7. The van der Waals surface area contributed by atoms with Gasteiger partial charge in [0.1, 0.15) is 17.2 Å². The third kappa shape index (κ3) is 6.81. The number of fused-ring (bicyclic) bond motifs is 1. The quantitative estimate of drug-likeness (QED) is 0.418. The molecule has 0 aliphatic carbocycles. The predicted molar refractivity (Wildman–Crippen MR) is 133 cm³/mol. The maximum Gasteiger partial charge on any atom is 0.408 e. The van der Waals surface area contributed by atoms with E-state index >= 15 is 0 Å². The van der Waals surface area contributed by atoms with Crippen LogP contribution in [0.3, 0.4) is 0 Å². The third-order valence-corrected chi connectivity index (χ3v) is 5.23. The van der Waals surface area contributed by atoms with Gasteiger partial charge in [0.05, 0.1) is 11.1 Å². The molecule has 6 nitrogen and oxygen atoms in total. The fourth-order valence-corrected chi connectivity index (χ4v) is 4.07. The van der Waals surface area contributed by atoms with Gasteiger partial charge in [0, 0.05) is 23.3 Å². The molecule has 0 aliphatic rings. The Hall–Kier alpha value is -2.86. The van der Waals surface area contributed by atoms with Crippen LogP contribution < -0.4 is 10.1 Å². The molecule has 2 aromatic heterocycles. The third-order valence-electron chi connectivity index (χ3n) is 4.96. The highest BCUT2D eigenvalue weighted by Crippen LogP contribution is 2.32. The van der Waals surface area contributed by atoms with Crippen molar-refractivity contribution >= 4 is 28.6 Å². The van der Waals surface area contributed by atoms with Gasteiger partial charge in [-0.3, -0.25) is 4.98 Å². The van der Waals surface area contributed by atoms with Gasteiger partial charge < -0.3 is 14.8 Å². The van der Waals surface area contributed by atoms with Gasteiger partial charge in [0.2, 0.25) is 5.88 Å². The molecule has 0 saturated heterocycles. The van der Waals surface area contributed by atoms with Crippen LogP contribution in [0.15, 0.2) is 48.8 Å². The zero-order valence-corrected chi connectivity index (χ0v) is 20.9. The van der Waals surface area contributed by atoms with E-state index in [1.807, 2.05) is 64.1 Å². The SMILES string of the molecule is CC(C)C[C@@](C)(COc1ncc(-c2ccnc3ccccc23)cc1Cl)NC(=O)OC(C)(C)C. The maximum atomic E-state index is 12.4. The largest absolute Gasteiger partial charge is 0.474 e. The molecule has 1 atom stereocenters. The number of aromatic nitrogens is 2. The molecule has 0 aliphatic heterocycles. The van der Waals surface area contributed by atoms with E-state index in [2.05, 4.69) is 29.1 Å². The smallest absolute Gasteiger partial charge is 0.408 e. The monoisotopic (exact) mass is 469 g/mol. The van der Waals surface area contributed by atoms with Crippen molar-refractivity contribution in [1.29, 1.82) is 0 Å². The van der Waals surface area contributed by atoms with Crippen molar-refractivity contribution in [2.24, 2.45) is 5.92 Å². The summed E-state index contributed by atoms with van der Waals surface area (Å²) in [4.78, 5) is 21.3. The van der Waals surface area contributed by atoms with Gasteiger partial charge in [-0.15, -0.1) is 0 Å². The fraction of sp³-hybridized carbons (Fsp3) is 0.423. The van der Waals surface area contributed by atoms with E-state index in [-0.39, 0.29) is 6.61 Å². The molecule has 1 amide bonds. The van der Waals surface area contributed by atoms with Crippen molar-refractivity contribution in [2.45, 2.75) is 59.1 Å². The molecule has 3 aromatic rings. The van der Waals surface area contributed by atoms with E-state index in [4.69, 9.17) is 21.1 Å². The van der Waals surface area contributed by atoms with E-state index in [0.717, 1.165) is 22.0 Å². The first kappa shape index (κ1) is 24.8. The topological polar surface area (TPSA) is 73.3 Å². The number of carbonyl (C=O) groups is 1. The van der Waals surface area contributed by atoms with Gasteiger partial charge in [0.25, 0.3) is 0 Å². The zero-order chi connectivity index (χ0) is 24.2. The van der Waals surface area contributed by atoms with Crippen LogP contribution in [0.1, 0.15) is 48.0 Å². The van der Waals surface area contributed by atoms with Gasteiger partial charge in [-0.05, 0) is 63.8 Å². The summed E-state index contributed by atoms with van der Waals surface area (Å²) < 4.78 is 11.4. The van der Waals surface area contributed by atoms with Crippen LogP contribution in [-0.4, -0.2) is 33.8 Å². The Morgan fingerprint density at radius 3 is 2.52 bits per heavy atom. The number of amides is 1. The van der Waals surface area contributed by atoms with E-state index in [1.165, 1.54) is 0 Å². The van der Waals surface area contributed by atoms with Crippen LogP contribution in [0.5, 0.6) is 5.88 Å². The molecule has 0 radical (unpaired) electrons. The summed E-state index contributed by atoms with van der Waals surface area (Å²) in [6.45, 7) is 11.8. The van der Waals surface area contributed by atoms with E-state index in [0.29, 0.717) is 23.2 Å². The molecule has 0 spiro atoms. The Morgan fingerprint density at radius 2 is 1.85 bits per heavy atom. The van der Waals surface area contributed by atoms with Crippen molar-refractivity contribution in [3.63, 3.8) is 0 Å². The summed E-state index contributed by atoms with van der Waals surface area (Å²) in [5.41, 5.74) is 1.55. The van der Waals surface area contributed by atoms with Crippen molar-refractivity contribution in [3.05, 3.63) is 53.8 Å². The van der Waals surface area contributed by atoms with Crippen molar-refractivity contribution in [2.75, 3.05) is 6.61 Å². The van der Waals surface area contributed by atoms with Crippen LogP contribution in [0.2, 0.25) is 5.02 Å². The number of hydrogen-bond acceptors (Lipinski definition) is 5. The van der Waals surface area contributed by atoms with Crippen LogP contribution in [0.4, 0.5) is 4.79 Å². The Morgan fingerprint density at radius 1 is 1.12 bits per heavy atom. The zero-order valence-electron chi connectivity index (χ0n) is 20.1. The van der Waals surface area contributed by atoms with Crippen LogP contribution >= 0.6 is 11.6 Å². The molecule has 2 heterocycles. The molecule has 3 rings (SSSR count). The minimum absolute atomic E-state index is 0.203. The molecule has 33 heavy (non-hydrogen) atoms. The second-order valence-corrected chi connectivity index (χ2v) is 10.4. The van der Waals surface area contributed by atoms with Crippen molar-refractivity contribution < 1.29 is 14.3 Å². The maximum absolute atomic E-state index is 12.4. The number of hydrogen-bond donors (Lipinski definition) is 1. The Balaban J connectivity index is 1.78. The standard InChI is InChI=1S/C26H32ClN3O3/c1-17(2)14-26(6,30-24(31)33-25(3,4)5)16-32-23-21(27)13-18(15-29-23)19-11-12-28-22-10-8-7-9-20(19)22/h7-13,15,17H,14,16H2,1-6H3,(H,30,31)/t26-/m0/s1. The highest BCUT2D eigenvalue weighted by molar-refractivity contribution is 6.32. The number of ether oxygens (including phenoxy) is 2. The lowest BCUT2D eigenvalue weighted by Gasteiger charge is -2.33. The predicted octanol–water partition coefficient (Wildman–Crippen LogP) is 6.66. The lowest BCUT2D eigenvalue weighted by Crippen LogP contribution is -2.52. The number of carbonyl (C=O) groups excluding carboxylic acids is 1. The Bertz CT molecular complexity index is 1120. The lowest BCUT2D eigenvalue weighted by molar-refractivity contribution is 0.0406. The second kappa shape index (κ2) is 9.96. The molecule has 1 N–H and O–H groups in total. The number of nitrogens with zero attached hydrogens (tertiary/aromatic N) is 2. The molecule has 176 valence electrons. The van der Waals surface area contributed by atoms with Crippen LogP contribution in [0, 0.1) is 5.92 Å². The Labute approximate surface area is 200 Å². The highest BCUT2D eigenvalue weighted by Gasteiger charge is 2.31. The summed E-state index contributed by atoms with van der Waals surface area (Å²) in [5.74, 6) is 0.652. The normalized spacial score (nSPS) is 13.6. The lowest BCUT2D eigenvalue weighted by atomic mass is 9.91. The number of benzene rings is 1. The summed E-state index contributed by atoms with van der Waals surface area (Å²) >= 11 is 6.54. The number of alkyl carbamates (subject to hydrolysis) is 1. The van der Waals surface area contributed by atoms with Crippen LogP contribution in [-0.2, 0) is 4.74 Å². The minimum atomic E-state index is -0.651. The number of nitrogens with one attached hydrogen (secondary N) is 1. The van der Waals surface area contributed by atoms with E-state index < -0.39 is 17.2 Å². The highest BCUT2D eigenvalue weighted by atomic mass is 35.5. The number of pyridine rings is 2. The Kier molecular flexibility index (Phi) is 7.48. The molecule has 0 unspecified atom stereocenters. The molecule has 0 bridgehead atoms. The molecule has 7 heteroatoms. The van der Waals surface area contributed by atoms with E-state index in [9.17, 15) is 4.79 Å². The van der Waals surface area contributed by atoms with Crippen LogP contribution in [0.25, 0.3) is 22.0 Å². The number of halogens is 1. The average molecular weight is 470 g/mol. The molecule has 0 fully saturated rings. The summed E-state index contributed by atoms with van der Waals surface area (Å²) in [5, 5.41) is 4.39. The first-order chi connectivity index (χ1) is 15.5. The first-order valence-electron chi connectivity index (χ1n) is 11.1. The van der Waals surface area contributed by atoms with Crippen molar-refractivity contribution in [3.8, 4) is 17.0 Å².